The summed E-state index contributed by atoms with van der Waals surface area (Å²) in [4.78, 5) is 1.11. The first kappa shape index (κ1) is 14.7. The molecule has 21 heavy (non-hydrogen) atoms. The minimum atomic E-state index is 0.656. The van der Waals surface area contributed by atoms with E-state index < -0.39 is 0 Å². The third kappa shape index (κ3) is 2.42. The van der Waals surface area contributed by atoms with Gasteiger partial charge in [-0.15, -0.1) is 11.3 Å². The van der Waals surface area contributed by atoms with Gasteiger partial charge in [0.15, 0.2) is 0 Å². The van der Waals surface area contributed by atoms with Crippen LogP contribution in [0.15, 0.2) is 30.3 Å². The van der Waals surface area contributed by atoms with Crippen molar-refractivity contribution in [2.75, 3.05) is 7.11 Å². The largest absolute Gasteiger partial charge is 0.495 e. The van der Waals surface area contributed by atoms with E-state index >= 15 is 0 Å². The van der Waals surface area contributed by atoms with Gasteiger partial charge in [-0.1, -0.05) is 35.3 Å². The molecule has 1 nitrogen and oxygen atoms in total. The van der Waals surface area contributed by atoms with E-state index in [0.29, 0.717) is 10.8 Å². The molecule has 0 amide bonds. The Hall–Kier alpha value is -1.22. The molecule has 0 atom stereocenters. The lowest BCUT2D eigenvalue weighted by Gasteiger charge is -2.13. The first-order valence-electron chi connectivity index (χ1n) is 6.55. The normalized spacial score (nSPS) is 11.1. The van der Waals surface area contributed by atoms with Crippen LogP contribution in [0.2, 0.25) is 10.0 Å². The molecule has 3 aromatic rings. The molecule has 0 N–H and O–H groups in total. The van der Waals surface area contributed by atoms with Gasteiger partial charge in [0.25, 0.3) is 0 Å². The number of hydrogen-bond acceptors (Lipinski definition) is 2. The molecule has 0 aliphatic heterocycles. The zero-order chi connectivity index (χ0) is 15.1. The monoisotopic (exact) mass is 336 g/mol. The molecule has 0 spiro atoms. The number of fused-ring (bicyclic) bond motifs is 1. The van der Waals surface area contributed by atoms with Gasteiger partial charge in [0, 0.05) is 10.4 Å². The highest BCUT2D eigenvalue weighted by Crippen LogP contribution is 2.45. The fraction of sp³-hybridized carbons (Fsp3) is 0.176. The predicted octanol–water partition coefficient (Wildman–Crippen LogP) is 6.50. The molecule has 3 rings (SSSR count). The highest BCUT2D eigenvalue weighted by molar-refractivity contribution is 7.23. The van der Waals surface area contributed by atoms with Crippen LogP contribution in [0.25, 0.3) is 20.5 Å². The zero-order valence-electron chi connectivity index (χ0n) is 12.0. The van der Waals surface area contributed by atoms with Gasteiger partial charge in [0.05, 0.1) is 21.9 Å². The molecule has 0 saturated heterocycles. The van der Waals surface area contributed by atoms with Crippen molar-refractivity contribution in [2.45, 2.75) is 13.8 Å². The quantitative estimate of drug-likeness (QED) is 0.518. The van der Waals surface area contributed by atoms with Gasteiger partial charge in [0.1, 0.15) is 5.75 Å². The second-order valence-corrected chi connectivity index (χ2v) is 6.82. The first-order chi connectivity index (χ1) is 10.0. The Kier molecular flexibility index (Phi) is 3.87. The van der Waals surface area contributed by atoms with E-state index in [4.69, 9.17) is 27.9 Å². The van der Waals surface area contributed by atoms with Crippen molar-refractivity contribution in [3.05, 3.63) is 51.5 Å². The van der Waals surface area contributed by atoms with E-state index in [1.54, 1.807) is 18.4 Å². The van der Waals surface area contributed by atoms with E-state index in [1.165, 1.54) is 5.56 Å². The SMILES string of the molecule is COc1cc(C)c(C)c(-c2cc3cccc(Cl)c3s2)c1Cl. The Morgan fingerprint density at radius 2 is 1.86 bits per heavy atom. The van der Waals surface area contributed by atoms with E-state index in [2.05, 4.69) is 26.0 Å². The molecular weight excluding hydrogens is 323 g/mol. The number of aryl methyl sites for hydroxylation is 1. The van der Waals surface area contributed by atoms with Gasteiger partial charge in [-0.2, -0.15) is 0 Å². The summed E-state index contributed by atoms with van der Waals surface area (Å²) in [6.45, 7) is 4.15. The molecule has 0 unspecified atom stereocenters. The van der Waals surface area contributed by atoms with Gasteiger partial charge in [-0.25, -0.2) is 0 Å². The number of benzene rings is 2. The second kappa shape index (κ2) is 5.53. The summed E-state index contributed by atoms with van der Waals surface area (Å²) < 4.78 is 6.48. The van der Waals surface area contributed by atoms with E-state index in [-0.39, 0.29) is 0 Å². The second-order valence-electron chi connectivity index (χ2n) is 4.98. The van der Waals surface area contributed by atoms with Gasteiger partial charge in [-0.3, -0.25) is 0 Å². The van der Waals surface area contributed by atoms with Crippen LogP contribution >= 0.6 is 34.5 Å². The van der Waals surface area contributed by atoms with Crippen LogP contribution in [0.4, 0.5) is 0 Å². The number of rotatable bonds is 2. The summed E-state index contributed by atoms with van der Waals surface area (Å²) in [6.07, 6.45) is 0. The minimum absolute atomic E-state index is 0.656. The van der Waals surface area contributed by atoms with Crippen molar-refractivity contribution in [3.8, 4) is 16.2 Å². The Labute approximate surface area is 138 Å². The Morgan fingerprint density at radius 3 is 2.52 bits per heavy atom. The van der Waals surface area contributed by atoms with E-state index in [9.17, 15) is 0 Å². The average Bonchev–Trinajstić information content (AvgIpc) is 2.88. The molecule has 0 aliphatic rings. The van der Waals surface area contributed by atoms with Crippen molar-refractivity contribution in [1.82, 2.24) is 0 Å². The van der Waals surface area contributed by atoms with E-state index in [0.717, 1.165) is 31.1 Å². The fourth-order valence-corrected chi connectivity index (χ4v) is 4.35. The van der Waals surface area contributed by atoms with Crippen molar-refractivity contribution in [2.24, 2.45) is 0 Å². The molecule has 0 radical (unpaired) electrons. The van der Waals surface area contributed by atoms with Crippen molar-refractivity contribution < 1.29 is 4.74 Å². The number of thiophene rings is 1. The summed E-state index contributed by atoms with van der Waals surface area (Å²) >= 11 is 14.5. The summed E-state index contributed by atoms with van der Waals surface area (Å²) in [7, 11) is 1.64. The maximum absolute atomic E-state index is 6.54. The standard InChI is InChI=1S/C17H14Cl2OS/c1-9-7-13(20-3)16(19)15(10(9)2)14-8-11-5-4-6-12(18)17(11)21-14/h4-8H,1-3H3. The summed E-state index contributed by atoms with van der Waals surface area (Å²) in [6, 6.07) is 10.1. The average molecular weight is 337 g/mol. The lowest BCUT2D eigenvalue weighted by Crippen LogP contribution is -1.92. The maximum atomic E-state index is 6.54. The zero-order valence-corrected chi connectivity index (χ0v) is 14.3. The molecule has 1 heterocycles. The summed E-state index contributed by atoms with van der Waals surface area (Å²) in [5, 5.41) is 2.57. The van der Waals surface area contributed by atoms with Crippen molar-refractivity contribution in [1.29, 1.82) is 0 Å². The lowest BCUT2D eigenvalue weighted by atomic mass is 10.0. The Bertz CT molecular complexity index is 836. The molecule has 0 fully saturated rings. The van der Waals surface area contributed by atoms with Crippen LogP contribution in [0.5, 0.6) is 5.75 Å². The number of methoxy groups -OCH3 is 1. The smallest absolute Gasteiger partial charge is 0.138 e. The van der Waals surface area contributed by atoms with Gasteiger partial charge in [0.2, 0.25) is 0 Å². The number of hydrogen-bond donors (Lipinski definition) is 0. The van der Waals surface area contributed by atoms with Crippen LogP contribution in [-0.2, 0) is 0 Å². The van der Waals surface area contributed by atoms with Crippen LogP contribution < -0.4 is 4.74 Å². The summed E-state index contributed by atoms with van der Waals surface area (Å²) in [5.41, 5.74) is 3.36. The first-order valence-corrected chi connectivity index (χ1v) is 8.12. The maximum Gasteiger partial charge on any atom is 0.138 e. The van der Waals surface area contributed by atoms with Gasteiger partial charge < -0.3 is 4.74 Å². The van der Waals surface area contributed by atoms with Gasteiger partial charge >= 0.3 is 0 Å². The molecule has 108 valence electrons. The van der Waals surface area contributed by atoms with Crippen LogP contribution in [0.1, 0.15) is 11.1 Å². The van der Waals surface area contributed by atoms with Gasteiger partial charge in [-0.05, 0) is 48.6 Å². The predicted molar refractivity (Wildman–Crippen MR) is 93.3 cm³/mol. The number of halogens is 2. The lowest BCUT2D eigenvalue weighted by molar-refractivity contribution is 0.415. The molecule has 1 aromatic heterocycles. The number of ether oxygens (including phenoxy) is 1. The third-order valence-corrected chi connectivity index (χ3v) is 5.72. The molecule has 2 aromatic carbocycles. The molecule has 0 saturated carbocycles. The fourth-order valence-electron chi connectivity index (χ4n) is 2.45. The molecule has 4 heteroatoms. The molecule has 0 aliphatic carbocycles. The van der Waals surface area contributed by atoms with Crippen LogP contribution in [0.3, 0.4) is 0 Å². The third-order valence-electron chi connectivity index (χ3n) is 3.71. The molecular formula is C17H14Cl2OS. The summed E-state index contributed by atoms with van der Waals surface area (Å²) in [5.74, 6) is 0.707. The topological polar surface area (TPSA) is 9.23 Å². The van der Waals surface area contributed by atoms with Crippen molar-refractivity contribution in [3.63, 3.8) is 0 Å². The van der Waals surface area contributed by atoms with E-state index in [1.807, 2.05) is 18.2 Å². The highest BCUT2D eigenvalue weighted by Gasteiger charge is 2.17. The Morgan fingerprint density at radius 1 is 1.10 bits per heavy atom. The molecule has 0 bridgehead atoms. The Balaban J connectivity index is 2.32. The minimum Gasteiger partial charge on any atom is -0.495 e. The van der Waals surface area contributed by atoms with Crippen LogP contribution in [-0.4, -0.2) is 7.11 Å². The van der Waals surface area contributed by atoms with Crippen molar-refractivity contribution >= 4 is 44.6 Å². The highest BCUT2D eigenvalue weighted by atomic mass is 35.5. The van der Waals surface area contributed by atoms with Crippen LogP contribution in [0, 0.1) is 13.8 Å².